The van der Waals surface area contributed by atoms with E-state index in [0.717, 1.165) is 0 Å². The van der Waals surface area contributed by atoms with Crippen LogP contribution in [0.25, 0.3) is 0 Å². The van der Waals surface area contributed by atoms with Crippen LogP contribution in [0.3, 0.4) is 0 Å². The Labute approximate surface area is 112 Å². The highest BCUT2D eigenvalue weighted by Gasteiger charge is 2.17. The van der Waals surface area contributed by atoms with Crippen molar-refractivity contribution in [1.82, 2.24) is 4.72 Å². The molecular weight excluding hydrogens is 274 g/mol. The number of sulfonamides is 1. The Morgan fingerprint density at radius 2 is 2.00 bits per heavy atom. The van der Waals surface area contributed by atoms with Gasteiger partial charge in [0.15, 0.2) is 5.78 Å². The van der Waals surface area contributed by atoms with E-state index in [1.54, 1.807) is 6.92 Å². The molecule has 0 aliphatic rings. The van der Waals surface area contributed by atoms with Crippen molar-refractivity contribution >= 4 is 27.4 Å². The van der Waals surface area contributed by atoms with Crippen LogP contribution in [-0.2, 0) is 10.0 Å². The molecule has 1 rings (SSSR count). The summed E-state index contributed by atoms with van der Waals surface area (Å²) in [6.07, 6.45) is 0.985. The lowest BCUT2D eigenvalue weighted by molar-refractivity contribution is 0.0988. The molecule has 0 saturated heterocycles. The van der Waals surface area contributed by atoms with Gasteiger partial charge in [-0.1, -0.05) is 25.4 Å². The molecule has 0 aliphatic carbocycles. The van der Waals surface area contributed by atoms with Crippen molar-refractivity contribution in [1.29, 1.82) is 0 Å². The fraction of sp³-hybridized carbons (Fsp3) is 0.417. The molecule has 4 nitrogen and oxygen atoms in total. The van der Waals surface area contributed by atoms with E-state index in [2.05, 4.69) is 4.72 Å². The molecule has 0 bridgehead atoms. The van der Waals surface area contributed by atoms with Crippen LogP contribution < -0.4 is 4.72 Å². The molecule has 100 valence electrons. The first-order chi connectivity index (χ1) is 8.42. The molecule has 0 aliphatic heterocycles. The van der Waals surface area contributed by atoms with E-state index in [9.17, 15) is 13.2 Å². The second kappa shape index (κ2) is 6.31. The Balaban J connectivity index is 3.16. The number of Topliss-reactive ketones (excluding diaryl/α,β-unsaturated/α-hetero) is 1. The van der Waals surface area contributed by atoms with Crippen LogP contribution in [-0.4, -0.2) is 20.7 Å². The van der Waals surface area contributed by atoms with Crippen LogP contribution in [0.4, 0.5) is 0 Å². The van der Waals surface area contributed by atoms with Gasteiger partial charge in [0.25, 0.3) is 0 Å². The van der Waals surface area contributed by atoms with E-state index in [-0.39, 0.29) is 27.7 Å². The molecule has 0 atom stereocenters. The van der Waals surface area contributed by atoms with Gasteiger partial charge in [0.05, 0.1) is 9.92 Å². The lowest BCUT2D eigenvalue weighted by Crippen LogP contribution is -2.24. The Morgan fingerprint density at radius 3 is 2.56 bits per heavy atom. The quantitative estimate of drug-likeness (QED) is 0.819. The topological polar surface area (TPSA) is 63.2 Å². The van der Waals surface area contributed by atoms with Crippen LogP contribution in [0.1, 0.15) is 37.0 Å². The van der Waals surface area contributed by atoms with E-state index >= 15 is 0 Å². The first kappa shape index (κ1) is 15.1. The third-order valence-corrected chi connectivity index (χ3v) is 4.20. The van der Waals surface area contributed by atoms with Gasteiger partial charge in [0.2, 0.25) is 10.0 Å². The third-order valence-electron chi connectivity index (χ3n) is 2.41. The Hall–Kier alpha value is -0.910. The van der Waals surface area contributed by atoms with Gasteiger partial charge in [0, 0.05) is 18.5 Å². The minimum atomic E-state index is -3.56. The first-order valence-electron chi connectivity index (χ1n) is 5.74. The monoisotopic (exact) mass is 289 g/mol. The van der Waals surface area contributed by atoms with Crippen LogP contribution in [0.15, 0.2) is 23.1 Å². The predicted octanol–water partition coefficient (Wildman–Crippen LogP) is 2.62. The molecule has 1 N–H and O–H groups in total. The van der Waals surface area contributed by atoms with Gasteiger partial charge in [-0.05, 0) is 24.6 Å². The van der Waals surface area contributed by atoms with Crippen LogP contribution in [0.2, 0.25) is 5.02 Å². The zero-order valence-corrected chi connectivity index (χ0v) is 11.9. The second-order valence-electron chi connectivity index (χ2n) is 3.82. The predicted molar refractivity (Wildman–Crippen MR) is 71.6 cm³/mol. The molecule has 0 amide bonds. The fourth-order valence-electron chi connectivity index (χ4n) is 1.40. The summed E-state index contributed by atoms with van der Waals surface area (Å²) in [5.41, 5.74) is 0.249. The number of hydrogen-bond donors (Lipinski definition) is 1. The van der Waals surface area contributed by atoms with Gasteiger partial charge < -0.3 is 0 Å². The van der Waals surface area contributed by atoms with Gasteiger partial charge in [-0.2, -0.15) is 0 Å². The SMILES string of the molecule is CCCNS(=O)(=O)c1ccc(Cl)c(C(=O)CC)c1. The summed E-state index contributed by atoms with van der Waals surface area (Å²) in [7, 11) is -3.56. The minimum absolute atomic E-state index is 0.0668. The van der Waals surface area contributed by atoms with E-state index in [4.69, 9.17) is 11.6 Å². The Morgan fingerprint density at radius 1 is 1.33 bits per heavy atom. The molecule has 0 aromatic heterocycles. The van der Waals surface area contributed by atoms with E-state index in [0.29, 0.717) is 13.0 Å². The average molecular weight is 290 g/mol. The molecule has 0 fully saturated rings. The zero-order chi connectivity index (χ0) is 13.8. The number of hydrogen-bond acceptors (Lipinski definition) is 3. The van der Waals surface area contributed by atoms with Gasteiger partial charge in [-0.25, -0.2) is 13.1 Å². The summed E-state index contributed by atoms with van der Waals surface area (Å²) in [6.45, 7) is 3.94. The molecule has 0 heterocycles. The molecule has 1 aromatic rings. The minimum Gasteiger partial charge on any atom is -0.294 e. The lowest BCUT2D eigenvalue weighted by Gasteiger charge is -2.08. The van der Waals surface area contributed by atoms with Crippen LogP contribution >= 0.6 is 11.6 Å². The van der Waals surface area contributed by atoms with Crippen molar-refractivity contribution in [2.75, 3.05) is 6.54 Å². The molecule has 0 radical (unpaired) electrons. The molecule has 18 heavy (non-hydrogen) atoms. The van der Waals surface area contributed by atoms with Gasteiger partial charge >= 0.3 is 0 Å². The zero-order valence-electron chi connectivity index (χ0n) is 10.4. The standard InChI is InChI=1S/C12H16ClNO3S/c1-3-7-14-18(16,17)9-5-6-11(13)10(8-9)12(15)4-2/h5-6,8,14H,3-4,7H2,1-2H3. The summed E-state index contributed by atoms with van der Waals surface area (Å²) in [5.74, 6) is -0.174. The number of rotatable bonds is 6. The summed E-state index contributed by atoms with van der Waals surface area (Å²) in [6, 6.07) is 4.16. The lowest BCUT2D eigenvalue weighted by atomic mass is 10.1. The van der Waals surface area contributed by atoms with E-state index in [1.165, 1.54) is 18.2 Å². The summed E-state index contributed by atoms with van der Waals surface area (Å²) in [5, 5.41) is 0.274. The van der Waals surface area contributed by atoms with Crippen molar-refractivity contribution < 1.29 is 13.2 Å². The van der Waals surface area contributed by atoms with Gasteiger partial charge in [0.1, 0.15) is 0 Å². The highest BCUT2D eigenvalue weighted by molar-refractivity contribution is 7.89. The number of ketones is 1. The summed E-state index contributed by atoms with van der Waals surface area (Å²) < 4.78 is 26.2. The molecule has 0 saturated carbocycles. The van der Waals surface area contributed by atoms with Crippen molar-refractivity contribution in [2.45, 2.75) is 31.6 Å². The normalized spacial score (nSPS) is 11.5. The number of nitrogens with one attached hydrogen (secondary N) is 1. The number of benzene rings is 1. The smallest absolute Gasteiger partial charge is 0.240 e. The van der Waals surface area contributed by atoms with Crippen molar-refractivity contribution in [2.24, 2.45) is 0 Å². The first-order valence-corrected chi connectivity index (χ1v) is 7.61. The number of carbonyl (C=O) groups is 1. The Bertz CT molecular complexity index is 540. The highest BCUT2D eigenvalue weighted by Crippen LogP contribution is 2.21. The molecule has 0 unspecified atom stereocenters. The number of carbonyl (C=O) groups excluding carboxylic acids is 1. The van der Waals surface area contributed by atoms with E-state index in [1.807, 2.05) is 6.92 Å². The maximum atomic E-state index is 11.9. The molecular formula is C12H16ClNO3S. The van der Waals surface area contributed by atoms with Crippen molar-refractivity contribution in [3.63, 3.8) is 0 Å². The largest absolute Gasteiger partial charge is 0.294 e. The van der Waals surface area contributed by atoms with Gasteiger partial charge in [-0.3, -0.25) is 4.79 Å². The van der Waals surface area contributed by atoms with Crippen LogP contribution in [0.5, 0.6) is 0 Å². The van der Waals surface area contributed by atoms with Crippen LogP contribution in [0, 0.1) is 0 Å². The highest BCUT2D eigenvalue weighted by atomic mass is 35.5. The maximum Gasteiger partial charge on any atom is 0.240 e. The average Bonchev–Trinajstić information content (AvgIpc) is 2.35. The van der Waals surface area contributed by atoms with Crippen molar-refractivity contribution in [3.05, 3.63) is 28.8 Å². The van der Waals surface area contributed by atoms with Crippen molar-refractivity contribution in [3.8, 4) is 0 Å². The number of halogens is 1. The van der Waals surface area contributed by atoms with E-state index < -0.39 is 10.0 Å². The molecule has 6 heteroatoms. The molecule has 0 spiro atoms. The summed E-state index contributed by atoms with van der Waals surface area (Å²) in [4.78, 5) is 11.7. The third kappa shape index (κ3) is 3.54. The second-order valence-corrected chi connectivity index (χ2v) is 5.99. The summed E-state index contributed by atoms with van der Waals surface area (Å²) >= 11 is 5.89. The fourth-order valence-corrected chi connectivity index (χ4v) is 2.78. The molecule has 1 aromatic carbocycles. The Kier molecular flexibility index (Phi) is 5.31. The maximum absolute atomic E-state index is 11.9. The van der Waals surface area contributed by atoms with Gasteiger partial charge in [-0.15, -0.1) is 0 Å².